The van der Waals surface area contributed by atoms with Crippen LogP contribution >= 0.6 is 11.6 Å². The van der Waals surface area contributed by atoms with Gasteiger partial charge in [0.25, 0.3) is 0 Å². The second-order valence-corrected chi connectivity index (χ2v) is 7.28. The molecule has 0 bridgehead atoms. The largest absolute Gasteiger partial charge is 0.487 e. The molecule has 6 heteroatoms. The van der Waals surface area contributed by atoms with Crippen LogP contribution in [0.5, 0.6) is 5.75 Å². The Kier molecular flexibility index (Phi) is 5.80. The van der Waals surface area contributed by atoms with Gasteiger partial charge in [0.2, 0.25) is 0 Å². The number of carbonyl (C=O) groups is 1. The van der Waals surface area contributed by atoms with Crippen LogP contribution in [0.3, 0.4) is 0 Å². The number of ether oxygens (including phenoxy) is 1. The standard InChI is InChI=1S/C21H20ClF3O2/c1-13-16(11-26)7-9-19(20(13)22)27-12-14-6-8-17(15-4-2-3-5-15)18(10-14)21(23,24)25/h6-11,15H,2-5,12H2,1H3. The highest BCUT2D eigenvalue weighted by molar-refractivity contribution is 6.33. The minimum atomic E-state index is -4.40. The quantitative estimate of drug-likeness (QED) is 0.524. The van der Waals surface area contributed by atoms with Crippen LogP contribution in [0, 0.1) is 6.92 Å². The van der Waals surface area contributed by atoms with Gasteiger partial charge in [-0.1, -0.05) is 36.6 Å². The molecule has 144 valence electrons. The molecular formula is C21H20ClF3O2. The molecule has 1 fully saturated rings. The Bertz CT molecular complexity index is 840. The molecule has 0 spiro atoms. The second kappa shape index (κ2) is 7.93. The summed E-state index contributed by atoms with van der Waals surface area (Å²) in [6.07, 6.45) is -0.146. The van der Waals surface area contributed by atoms with Crippen molar-refractivity contribution in [3.63, 3.8) is 0 Å². The Morgan fingerprint density at radius 1 is 1.19 bits per heavy atom. The molecule has 0 aromatic heterocycles. The van der Waals surface area contributed by atoms with E-state index in [2.05, 4.69) is 0 Å². The molecule has 0 aliphatic heterocycles. The normalized spacial score (nSPS) is 15.1. The molecule has 1 aliphatic carbocycles. The van der Waals surface area contributed by atoms with E-state index in [4.69, 9.17) is 16.3 Å². The molecule has 2 aromatic rings. The predicted molar refractivity (Wildman–Crippen MR) is 98.6 cm³/mol. The fraction of sp³-hybridized carbons (Fsp3) is 0.381. The molecule has 0 saturated heterocycles. The van der Waals surface area contributed by atoms with Crippen molar-refractivity contribution in [2.75, 3.05) is 0 Å². The Morgan fingerprint density at radius 2 is 1.89 bits per heavy atom. The van der Waals surface area contributed by atoms with Gasteiger partial charge in [0, 0.05) is 5.56 Å². The van der Waals surface area contributed by atoms with Gasteiger partial charge >= 0.3 is 6.18 Å². The topological polar surface area (TPSA) is 26.3 Å². The minimum Gasteiger partial charge on any atom is -0.487 e. The van der Waals surface area contributed by atoms with Crippen LogP contribution in [0.4, 0.5) is 13.2 Å². The Labute approximate surface area is 161 Å². The molecular weight excluding hydrogens is 377 g/mol. The van der Waals surface area contributed by atoms with Crippen molar-refractivity contribution in [1.29, 1.82) is 0 Å². The summed E-state index contributed by atoms with van der Waals surface area (Å²) in [5.74, 6) is 0.317. The summed E-state index contributed by atoms with van der Waals surface area (Å²) in [5, 5.41) is 0.290. The smallest absolute Gasteiger partial charge is 0.416 e. The maximum absolute atomic E-state index is 13.6. The number of hydrogen-bond donors (Lipinski definition) is 0. The Hall–Kier alpha value is -2.01. The molecule has 27 heavy (non-hydrogen) atoms. The van der Waals surface area contributed by atoms with Crippen LogP contribution in [0.15, 0.2) is 30.3 Å². The molecule has 0 atom stereocenters. The lowest BCUT2D eigenvalue weighted by Gasteiger charge is -2.19. The molecule has 0 amide bonds. The zero-order valence-corrected chi connectivity index (χ0v) is 15.7. The van der Waals surface area contributed by atoms with Gasteiger partial charge < -0.3 is 4.74 Å². The van der Waals surface area contributed by atoms with Crippen LogP contribution in [0.25, 0.3) is 0 Å². The van der Waals surface area contributed by atoms with E-state index in [-0.39, 0.29) is 12.5 Å². The van der Waals surface area contributed by atoms with Crippen LogP contribution in [0.1, 0.15) is 64.2 Å². The van der Waals surface area contributed by atoms with Gasteiger partial charge in [0.05, 0.1) is 10.6 Å². The number of halogens is 4. The lowest BCUT2D eigenvalue weighted by Crippen LogP contribution is -2.12. The van der Waals surface area contributed by atoms with E-state index in [1.165, 1.54) is 6.07 Å². The average Bonchev–Trinajstić information content (AvgIpc) is 3.16. The van der Waals surface area contributed by atoms with Gasteiger partial charge in [-0.2, -0.15) is 13.2 Å². The van der Waals surface area contributed by atoms with E-state index < -0.39 is 11.7 Å². The molecule has 0 N–H and O–H groups in total. The van der Waals surface area contributed by atoms with E-state index in [1.807, 2.05) is 0 Å². The van der Waals surface area contributed by atoms with E-state index in [1.54, 1.807) is 31.2 Å². The van der Waals surface area contributed by atoms with Crippen molar-refractivity contribution >= 4 is 17.9 Å². The summed E-state index contributed by atoms with van der Waals surface area (Å²) in [5.41, 5.74) is 1.27. The zero-order valence-electron chi connectivity index (χ0n) is 14.9. The summed E-state index contributed by atoms with van der Waals surface area (Å²) >= 11 is 6.19. The first-order chi connectivity index (χ1) is 12.8. The number of aldehydes is 1. The SMILES string of the molecule is Cc1c(C=O)ccc(OCc2ccc(C3CCCC3)c(C(F)(F)F)c2)c1Cl. The lowest BCUT2D eigenvalue weighted by atomic mass is 9.91. The Morgan fingerprint density at radius 3 is 2.52 bits per heavy atom. The van der Waals surface area contributed by atoms with Gasteiger partial charge in [0.1, 0.15) is 18.6 Å². The first-order valence-electron chi connectivity index (χ1n) is 8.88. The van der Waals surface area contributed by atoms with Crippen molar-refractivity contribution in [1.82, 2.24) is 0 Å². The predicted octanol–water partition coefficient (Wildman–Crippen LogP) is 6.72. The van der Waals surface area contributed by atoms with Crippen molar-refractivity contribution in [2.24, 2.45) is 0 Å². The van der Waals surface area contributed by atoms with Gasteiger partial charge in [-0.3, -0.25) is 4.79 Å². The Balaban J connectivity index is 1.83. The van der Waals surface area contributed by atoms with Gasteiger partial charge in [0.15, 0.2) is 0 Å². The summed E-state index contributed by atoms with van der Waals surface area (Å²) in [7, 11) is 0. The second-order valence-electron chi connectivity index (χ2n) is 6.90. The molecule has 0 heterocycles. The highest BCUT2D eigenvalue weighted by Crippen LogP contribution is 2.42. The summed E-state index contributed by atoms with van der Waals surface area (Å²) in [6.45, 7) is 1.66. The zero-order chi connectivity index (χ0) is 19.6. The number of alkyl halides is 3. The molecule has 3 rings (SSSR count). The van der Waals surface area contributed by atoms with E-state index >= 15 is 0 Å². The molecule has 0 unspecified atom stereocenters. The minimum absolute atomic E-state index is 0.0235. The van der Waals surface area contributed by atoms with Gasteiger partial charge in [-0.15, -0.1) is 0 Å². The first-order valence-corrected chi connectivity index (χ1v) is 9.26. The summed E-state index contributed by atoms with van der Waals surface area (Å²) in [4.78, 5) is 10.9. The molecule has 2 aromatic carbocycles. The molecule has 2 nitrogen and oxygen atoms in total. The van der Waals surface area contributed by atoms with Gasteiger partial charge in [-0.05, 0) is 60.6 Å². The average molecular weight is 397 g/mol. The van der Waals surface area contributed by atoms with Crippen molar-refractivity contribution in [2.45, 2.75) is 51.3 Å². The molecule has 1 aliphatic rings. The fourth-order valence-corrected chi connectivity index (χ4v) is 3.83. The first kappa shape index (κ1) is 19.7. The van der Waals surface area contributed by atoms with Crippen LogP contribution in [-0.2, 0) is 12.8 Å². The van der Waals surface area contributed by atoms with Crippen molar-refractivity contribution in [3.05, 3.63) is 63.2 Å². The summed E-state index contributed by atoms with van der Waals surface area (Å²) < 4.78 is 46.3. The maximum Gasteiger partial charge on any atom is 0.416 e. The highest BCUT2D eigenvalue weighted by atomic mass is 35.5. The van der Waals surface area contributed by atoms with Crippen LogP contribution in [-0.4, -0.2) is 6.29 Å². The third-order valence-electron chi connectivity index (χ3n) is 5.13. The van der Waals surface area contributed by atoms with Crippen LogP contribution < -0.4 is 4.74 Å². The molecule has 1 saturated carbocycles. The third-order valence-corrected chi connectivity index (χ3v) is 5.60. The fourth-order valence-electron chi connectivity index (χ4n) is 3.61. The number of benzene rings is 2. The monoisotopic (exact) mass is 396 g/mol. The maximum atomic E-state index is 13.6. The van der Waals surface area contributed by atoms with Gasteiger partial charge in [-0.25, -0.2) is 0 Å². The van der Waals surface area contributed by atoms with Crippen molar-refractivity contribution in [3.8, 4) is 5.75 Å². The third kappa shape index (κ3) is 4.29. The number of hydrogen-bond acceptors (Lipinski definition) is 2. The number of carbonyl (C=O) groups excluding carboxylic acids is 1. The highest BCUT2D eigenvalue weighted by Gasteiger charge is 2.36. The van der Waals surface area contributed by atoms with Crippen molar-refractivity contribution < 1.29 is 22.7 Å². The molecule has 0 radical (unpaired) electrons. The number of rotatable bonds is 5. The van der Waals surface area contributed by atoms with E-state index in [0.29, 0.717) is 39.3 Å². The lowest BCUT2D eigenvalue weighted by molar-refractivity contribution is -0.138. The van der Waals surface area contributed by atoms with E-state index in [0.717, 1.165) is 25.7 Å². The van der Waals surface area contributed by atoms with E-state index in [9.17, 15) is 18.0 Å². The summed E-state index contributed by atoms with van der Waals surface area (Å²) in [6, 6.07) is 7.57. The van der Waals surface area contributed by atoms with Crippen LogP contribution in [0.2, 0.25) is 5.02 Å².